The van der Waals surface area contributed by atoms with E-state index in [9.17, 15) is 10.1 Å². The topological polar surface area (TPSA) is 91.7 Å². The van der Waals surface area contributed by atoms with Gasteiger partial charge in [0, 0.05) is 18.8 Å². The van der Waals surface area contributed by atoms with Crippen LogP contribution in [-0.4, -0.2) is 38.5 Å². The van der Waals surface area contributed by atoms with E-state index in [4.69, 9.17) is 14.4 Å². The third-order valence-electron chi connectivity index (χ3n) is 5.57. The standard InChI is InChI=1S/C20H23N3O3S.CH2O.H2/c1-25-13-5-3-4-12(8-13)15-9-16(15)19(24)22-20-17(10-21)14-6-7-23(26-2)11-18(14)27-20;1-2;/h5,8,15-16H,3-4,6-7,9,11H2,1-2H3,(H,22,24);1H2;1H. The molecule has 2 unspecified atom stereocenters. The van der Waals surface area contributed by atoms with E-state index >= 15 is 0 Å². The molecule has 0 radical (unpaired) electrons. The molecule has 7 nitrogen and oxygen atoms in total. The van der Waals surface area contributed by atoms with Crippen LogP contribution < -0.4 is 5.32 Å². The molecule has 29 heavy (non-hydrogen) atoms. The molecular weight excluding hydrogens is 390 g/mol. The van der Waals surface area contributed by atoms with Crippen molar-refractivity contribution < 1.29 is 20.6 Å². The van der Waals surface area contributed by atoms with Crippen LogP contribution in [0.4, 0.5) is 5.00 Å². The molecule has 1 saturated carbocycles. The molecule has 0 saturated heterocycles. The van der Waals surface area contributed by atoms with Crippen LogP contribution >= 0.6 is 11.3 Å². The summed E-state index contributed by atoms with van der Waals surface area (Å²) in [6, 6.07) is 2.29. The minimum atomic E-state index is -0.00593. The number of hydroxylamine groups is 2. The number of hydrogen-bond donors (Lipinski definition) is 1. The van der Waals surface area contributed by atoms with Crippen LogP contribution in [-0.2, 0) is 32.1 Å². The summed E-state index contributed by atoms with van der Waals surface area (Å²) in [5, 5.41) is 15.2. The molecule has 1 amide bonds. The lowest BCUT2D eigenvalue weighted by Crippen LogP contribution is -2.28. The number of allylic oxidation sites excluding steroid dienone is 3. The van der Waals surface area contributed by atoms with Crippen molar-refractivity contribution in [3.05, 3.63) is 39.5 Å². The van der Waals surface area contributed by atoms with Crippen molar-refractivity contribution in [2.45, 2.75) is 32.2 Å². The Bertz CT molecular complexity index is 890. The summed E-state index contributed by atoms with van der Waals surface area (Å²) in [5.74, 6) is 1.21. The molecule has 4 rings (SSSR count). The summed E-state index contributed by atoms with van der Waals surface area (Å²) in [6.45, 7) is 3.42. The Kier molecular flexibility index (Phi) is 6.85. The van der Waals surface area contributed by atoms with Crippen molar-refractivity contribution >= 4 is 29.0 Å². The predicted molar refractivity (Wildman–Crippen MR) is 112 cm³/mol. The Labute approximate surface area is 176 Å². The monoisotopic (exact) mass is 417 g/mol. The molecule has 0 aromatic carbocycles. The normalized spacial score (nSPS) is 22.8. The maximum atomic E-state index is 12.8. The third-order valence-corrected chi connectivity index (χ3v) is 6.71. The summed E-state index contributed by atoms with van der Waals surface area (Å²) in [4.78, 5) is 27.2. The van der Waals surface area contributed by atoms with Gasteiger partial charge in [0.25, 0.3) is 0 Å². The zero-order valence-electron chi connectivity index (χ0n) is 16.7. The average molecular weight is 418 g/mol. The number of carbonyl (C=O) groups is 2. The molecule has 3 aliphatic rings. The fourth-order valence-electron chi connectivity index (χ4n) is 3.97. The number of thiophene rings is 1. The molecule has 0 bridgehead atoms. The van der Waals surface area contributed by atoms with E-state index in [1.807, 2.05) is 11.9 Å². The van der Waals surface area contributed by atoms with E-state index in [0.717, 1.165) is 48.4 Å². The van der Waals surface area contributed by atoms with Crippen molar-refractivity contribution in [3.8, 4) is 6.07 Å². The van der Waals surface area contributed by atoms with Crippen molar-refractivity contribution in [2.75, 3.05) is 26.1 Å². The Morgan fingerprint density at radius 3 is 2.90 bits per heavy atom. The number of anilines is 1. The first-order chi connectivity index (χ1) is 14.1. The van der Waals surface area contributed by atoms with Gasteiger partial charge in [0.1, 0.15) is 23.6 Å². The quantitative estimate of drug-likeness (QED) is 0.789. The highest BCUT2D eigenvalue weighted by Crippen LogP contribution is 2.48. The molecule has 8 heteroatoms. The van der Waals surface area contributed by atoms with Gasteiger partial charge < -0.3 is 19.7 Å². The van der Waals surface area contributed by atoms with E-state index in [2.05, 4.69) is 23.5 Å². The van der Waals surface area contributed by atoms with Gasteiger partial charge in [0.05, 0.1) is 26.3 Å². The second-order valence-electron chi connectivity index (χ2n) is 7.12. The van der Waals surface area contributed by atoms with E-state index < -0.39 is 0 Å². The lowest BCUT2D eigenvalue weighted by Gasteiger charge is -2.23. The van der Waals surface area contributed by atoms with Crippen molar-refractivity contribution in [2.24, 2.45) is 11.8 Å². The summed E-state index contributed by atoms with van der Waals surface area (Å²) in [6.07, 6.45) is 7.75. The first kappa shape index (κ1) is 21.2. The van der Waals surface area contributed by atoms with Crippen LogP contribution in [0.3, 0.4) is 0 Å². The van der Waals surface area contributed by atoms with Crippen LogP contribution in [0.25, 0.3) is 0 Å². The van der Waals surface area contributed by atoms with Crippen molar-refractivity contribution in [1.82, 2.24) is 5.06 Å². The van der Waals surface area contributed by atoms with Crippen molar-refractivity contribution in [3.63, 3.8) is 0 Å². The smallest absolute Gasteiger partial charge is 0.228 e. The second kappa shape index (κ2) is 9.35. The van der Waals surface area contributed by atoms with Gasteiger partial charge in [-0.05, 0) is 49.3 Å². The molecule has 1 aromatic rings. The highest BCUT2D eigenvalue weighted by Gasteiger charge is 2.45. The second-order valence-corrected chi connectivity index (χ2v) is 8.23. The van der Waals surface area contributed by atoms with Gasteiger partial charge in [0.2, 0.25) is 5.91 Å². The zero-order valence-corrected chi connectivity index (χ0v) is 17.5. The van der Waals surface area contributed by atoms with Gasteiger partial charge >= 0.3 is 0 Å². The molecule has 1 aliphatic heterocycles. The number of nitrogens with zero attached hydrogens (tertiary/aromatic N) is 2. The van der Waals surface area contributed by atoms with Gasteiger partial charge in [-0.1, -0.05) is 5.57 Å². The molecule has 2 heterocycles. The van der Waals surface area contributed by atoms with Gasteiger partial charge in [-0.2, -0.15) is 10.3 Å². The molecule has 2 atom stereocenters. The largest absolute Gasteiger partial charge is 0.497 e. The van der Waals surface area contributed by atoms with Crippen LogP contribution in [0.15, 0.2) is 23.5 Å². The fourth-order valence-corrected chi connectivity index (χ4v) is 5.18. The fraction of sp³-hybridized carbons (Fsp3) is 0.476. The molecule has 1 fully saturated rings. The minimum absolute atomic E-state index is 0. The van der Waals surface area contributed by atoms with Gasteiger partial charge in [0.15, 0.2) is 0 Å². The average Bonchev–Trinajstić information content (AvgIpc) is 3.50. The number of fused-ring (bicyclic) bond motifs is 1. The van der Waals surface area contributed by atoms with Crippen LogP contribution in [0.2, 0.25) is 0 Å². The number of nitrogens with one attached hydrogen (secondary N) is 1. The molecule has 2 aliphatic carbocycles. The Morgan fingerprint density at radius 2 is 2.21 bits per heavy atom. The van der Waals surface area contributed by atoms with Crippen LogP contribution in [0.1, 0.15) is 36.7 Å². The van der Waals surface area contributed by atoms with Gasteiger partial charge in [-0.3, -0.25) is 4.79 Å². The first-order valence-corrected chi connectivity index (χ1v) is 10.3. The molecular formula is C21H27N3O4S. The predicted octanol–water partition coefficient (Wildman–Crippen LogP) is 3.43. The summed E-state index contributed by atoms with van der Waals surface area (Å²) in [5.41, 5.74) is 2.98. The maximum Gasteiger partial charge on any atom is 0.228 e. The van der Waals surface area contributed by atoms with E-state index in [1.54, 1.807) is 14.2 Å². The number of nitriles is 1. The number of ether oxygens (including phenoxy) is 1. The summed E-state index contributed by atoms with van der Waals surface area (Å²) in [7, 11) is 3.33. The van der Waals surface area contributed by atoms with Crippen LogP contribution in [0, 0.1) is 23.2 Å². The molecule has 0 spiro atoms. The minimum Gasteiger partial charge on any atom is -0.497 e. The zero-order chi connectivity index (χ0) is 21.0. The molecule has 156 valence electrons. The first-order valence-electron chi connectivity index (χ1n) is 9.52. The Balaban J connectivity index is 0.00000104. The van der Waals surface area contributed by atoms with Crippen molar-refractivity contribution in [1.29, 1.82) is 5.26 Å². The maximum absolute atomic E-state index is 12.8. The third kappa shape index (κ3) is 4.42. The number of amides is 1. The summed E-state index contributed by atoms with van der Waals surface area (Å²) >= 11 is 1.50. The summed E-state index contributed by atoms with van der Waals surface area (Å²) < 4.78 is 5.32. The Morgan fingerprint density at radius 1 is 1.41 bits per heavy atom. The molecule has 1 N–H and O–H groups in total. The lowest BCUT2D eigenvalue weighted by molar-refractivity contribution is -0.141. The SMILES string of the molecule is C=O.COC1=CCCC(C2CC2C(=O)Nc2sc3c(c2C#N)CCN(OC)C3)=C1.[HH]. The van der Waals surface area contributed by atoms with E-state index in [1.165, 1.54) is 16.9 Å². The highest BCUT2D eigenvalue weighted by molar-refractivity contribution is 7.16. The highest BCUT2D eigenvalue weighted by atomic mass is 32.1. The van der Waals surface area contributed by atoms with Gasteiger partial charge in [-0.15, -0.1) is 11.3 Å². The van der Waals surface area contributed by atoms with E-state index in [0.29, 0.717) is 23.0 Å². The van der Waals surface area contributed by atoms with Crippen LogP contribution in [0.5, 0.6) is 0 Å². The Hall–Kier alpha value is -2.47. The number of hydrogen-bond acceptors (Lipinski definition) is 7. The van der Waals surface area contributed by atoms with Gasteiger partial charge in [-0.25, -0.2) is 0 Å². The lowest BCUT2D eigenvalue weighted by atomic mass is 9.98. The number of methoxy groups -OCH3 is 1. The number of rotatable bonds is 5. The molecule has 1 aromatic heterocycles. The number of carbonyl (C=O) groups excluding carboxylic acids is 2. The van der Waals surface area contributed by atoms with E-state index in [-0.39, 0.29) is 13.3 Å².